The van der Waals surface area contributed by atoms with Gasteiger partial charge in [-0.2, -0.15) is 0 Å². The quantitative estimate of drug-likeness (QED) is 0.232. The molecule has 2 aromatic rings. The number of nitro groups is 2. The normalized spacial score (nSPS) is 9.82. The van der Waals surface area contributed by atoms with E-state index in [0.29, 0.717) is 19.4 Å². The number of esters is 2. The number of unbranched alkanes of at least 4 members (excludes halogenated alkanes) is 1. The van der Waals surface area contributed by atoms with Crippen molar-refractivity contribution in [3.8, 4) is 0 Å². The molecule has 0 amide bonds. The first-order valence-corrected chi connectivity index (χ1v) is 9.79. The van der Waals surface area contributed by atoms with E-state index >= 15 is 0 Å². The van der Waals surface area contributed by atoms with Gasteiger partial charge in [0.25, 0.3) is 11.4 Å². The monoisotopic (exact) mass is 483 g/mol. The average molecular weight is 484 g/mol. The Kier molecular flexibility index (Phi) is 11.2. The second kappa shape index (κ2) is 13.6. The Labute approximate surface area is 193 Å². The first-order chi connectivity index (χ1) is 15.7. The zero-order valence-electron chi connectivity index (χ0n) is 17.8. The van der Waals surface area contributed by atoms with Gasteiger partial charge >= 0.3 is 11.9 Å². The molecular formula is C20H22ClN3O9. The molecule has 0 spiro atoms. The molecule has 0 aliphatic carbocycles. The number of hydrogen-bond donors (Lipinski definition) is 2. The van der Waals surface area contributed by atoms with Gasteiger partial charge in [-0.15, -0.1) is 0 Å². The van der Waals surface area contributed by atoms with Gasteiger partial charge in [0.15, 0.2) is 0 Å². The molecule has 0 aliphatic rings. The van der Waals surface area contributed by atoms with Crippen molar-refractivity contribution in [1.29, 1.82) is 0 Å². The molecule has 12 nitrogen and oxygen atoms in total. The van der Waals surface area contributed by atoms with Crippen LogP contribution in [0.4, 0.5) is 17.1 Å². The molecule has 0 radical (unpaired) electrons. The Morgan fingerprint density at radius 2 is 1.45 bits per heavy atom. The lowest BCUT2D eigenvalue weighted by Gasteiger charge is -2.10. The fourth-order valence-electron chi connectivity index (χ4n) is 2.54. The van der Waals surface area contributed by atoms with Crippen molar-refractivity contribution >= 4 is 40.6 Å². The van der Waals surface area contributed by atoms with Gasteiger partial charge in [-0.3, -0.25) is 20.2 Å². The van der Waals surface area contributed by atoms with E-state index in [9.17, 15) is 29.8 Å². The molecule has 0 atom stereocenters. The number of carbonyl (C=O) groups is 2. The van der Waals surface area contributed by atoms with E-state index in [1.54, 1.807) is 0 Å². The molecule has 0 fully saturated rings. The van der Waals surface area contributed by atoms with Crippen LogP contribution >= 0.6 is 11.6 Å². The lowest BCUT2D eigenvalue weighted by Crippen LogP contribution is -2.11. The van der Waals surface area contributed by atoms with Crippen molar-refractivity contribution in [2.45, 2.75) is 12.8 Å². The first-order valence-electron chi connectivity index (χ1n) is 9.41. The number of aliphatic hydroxyl groups is 1. The predicted octanol–water partition coefficient (Wildman–Crippen LogP) is 3.60. The van der Waals surface area contributed by atoms with Gasteiger partial charge in [0.05, 0.1) is 35.2 Å². The average Bonchev–Trinajstić information content (AvgIpc) is 2.81. The number of halogens is 1. The number of ether oxygens (including phenoxy) is 2. The third-order valence-corrected chi connectivity index (χ3v) is 4.51. The van der Waals surface area contributed by atoms with E-state index in [-0.39, 0.29) is 39.8 Å². The molecule has 0 heterocycles. The molecule has 13 heteroatoms. The number of nitrogens with zero attached hydrogens (tertiary/aromatic N) is 2. The Bertz CT molecular complexity index is 1010. The second-order valence-electron chi connectivity index (χ2n) is 6.19. The summed E-state index contributed by atoms with van der Waals surface area (Å²) in [4.78, 5) is 42.8. The molecule has 0 saturated carbocycles. The minimum Gasteiger partial charge on any atom is -0.465 e. The van der Waals surface area contributed by atoms with Crippen LogP contribution in [0.3, 0.4) is 0 Å². The van der Waals surface area contributed by atoms with E-state index in [2.05, 4.69) is 14.8 Å². The first kappa shape index (κ1) is 27.3. The topological polar surface area (TPSA) is 171 Å². The van der Waals surface area contributed by atoms with E-state index in [4.69, 9.17) is 16.7 Å². The molecule has 0 aliphatic heterocycles. The fourth-order valence-corrected chi connectivity index (χ4v) is 2.81. The number of carbonyl (C=O) groups excluding carboxylic acids is 2. The van der Waals surface area contributed by atoms with Gasteiger partial charge in [-0.05, 0) is 25.0 Å². The molecule has 178 valence electrons. The molecule has 0 unspecified atom stereocenters. The van der Waals surface area contributed by atoms with Crippen LogP contribution in [-0.2, 0) is 9.47 Å². The standard InChI is InChI=1S/C12H16N2O5.C8H6ClNO4/c1-19-12(16)9-5-4-6-10(14(17)18)11(9)13-7-2-3-8-15;1-14-8(11)5-3-2-4-6(7(5)9)10(12)13/h4-6,13,15H,2-3,7-8H2,1H3;2-4H,1H3. The largest absolute Gasteiger partial charge is 0.465 e. The summed E-state index contributed by atoms with van der Waals surface area (Å²) >= 11 is 5.63. The number of hydrogen-bond acceptors (Lipinski definition) is 10. The number of benzene rings is 2. The Hall–Kier alpha value is -3.77. The highest BCUT2D eigenvalue weighted by Crippen LogP contribution is 2.29. The van der Waals surface area contributed by atoms with Crippen LogP contribution < -0.4 is 5.32 Å². The molecule has 0 aromatic heterocycles. The van der Waals surface area contributed by atoms with Gasteiger partial charge in [-0.25, -0.2) is 9.59 Å². The number of methoxy groups -OCH3 is 2. The number of anilines is 1. The van der Waals surface area contributed by atoms with Crippen LogP contribution in [-0.4, -0.2) is 54.3 Å². The molecule has 0 saturated heterocycles. The molecule has 2 aromatic carbocycles. The summed E-state index contributed by atoms with van der Waals surface area (Å²) in [5, 5.41) is 32.7. The van der Waals surface area contributed by atoms with Crippen molar-refractivity contribution < 1.29 is 34.0 Å². The van der Waals surface area contributed by atoms with E-state index in [1.807, 2.05) is 0 Å². The zero-order valence-corrected chi connectivity index (χ0v) is 18.5. The minimum atomic E-state index is -0.696. The maximum Gasteiger partial charge on any atom is 0.340 e. The van der Waals surface area contributed by atoms with Crippen LogP contribution in [0.25, 0.3) is 0 Å². The summed E-state index contributed by atoms with van der Waals surface area (Å²) in [5.41, 5.74) is -0.220. The number of aliphatic hydroxyl groups excluding tert-OH is 1. The lowest BCUT2D eigenvalue weighted by atomic mass is 10.1. The Balaban J connectivity index is 0.000000346. The number of nitro benzene ring substituents is 2. The number of nitrogens with one attached hydrogen (secondary N) is 1. The van der Waals surface area contributed by atoms with E-state index in [1.165, 1.54) is 50.6 Å². The molecular weight excluding hydrogens is 462 g/mol. The van der Waals surface area contributed by atoms with Crippen LogP contribution in [0.2, 0.25) is 5.02 Å². The smallest absolute Gasteiger partial charge is 0.340 e. The summed E-state index contributed by atoms with van der Waals surface area (Å²) in [5.74, 6) is -1.33. The van der Waals surface area contributed by atoms with Crippen molar-refractivity contribution in [2.75, 3.05) is 32.7 Å². The zero-order chi connectivity index (χ0) is 25.0. The number of para-hydroxylation sites is 1. The van der Waals surface area contributed by atoms with Crippen LogP contribution in [0.15, 0.2) is 36.4 Å². The van der Waals surface area contributed by atoms with Crippen molar-refractivity contribution in [1.82, 2.24) is 0 Å². The third-order valence-electron chi connectivity index (χ3n) is 4.11. The van der Waals surface area contributed by atoms with Crippen LogP contribution in [0.1, 0.15) is 33.6 Å². The summed E-state index contributed by atoms with van der Waals surface area (Å²) in [6.45, 7) is 0.484. The van der Waals surface area contributed by atoms with Crippen molar-refractivity contribution in [3.63, 3.8) is 0 Å². The van der Waals surface area contributed by atoms with E-state index in [0.717, 1.165) is 0 Å². The van der Waals surface area contributed by atoms with Crippen molar-refractivity contribution in [2.24, 2.45) is 0 Å². The summed E-state index contributed by atoms with van der Waals surface area (Å²) in [7, 11) is 2.40. The molecule has 33 heavy (non-hydrogen) atoms. The highest BCUT2D eigenvalue weighted by molar-refractivity contribution is 6.35. The highest BCUT2D eigenvalue weighted by Gasteiger charge is 2.22. The van der Waals surface area contributed by atoms with Crippen LogP contribution in [0, 0.1) is 20.2 Å². The second-order valence-corrected chi connectivity index (χ2v) is 6.57. The van der Waals surface area contributed by atoms with Gasteiger partial charge in [0.2, 0.25) is 0 Å². The van der Waals surface area contributed by atoms with Gasteiger partial charge in [0, 0.05) is 25.3 Å². The molecule has 2 N–H and O–H groups in total. The number of rotatable bonds is 9. The predicted molar refractivity (Wildman–Crippen MR) is 119 cm³/mol. The lowest BCUT2D eigenvalue weighted by molar-refractivity contribution is -0.384. The highest BCUT2D eigenvalue weighted by atomic mass is 35.5. The summed E-state index contributed by atoms with van der Waals surface area (Å²) in [6.07, 6.45) is 1.23. The third kappa shape index (κ3) is 7.70. The van der Waals surface area contributed by atoms with Crippen LogP contribution in [0.5, 0.6) is 0 Å². The molecule has 2 rings (SSSR count). The molecule has 0 bridgehead atoms. The van der Waals surface area contributed by atoms with Crippen molar-refractivity contribution in [3.05, 3.63) is 72.8 Å². The maximum atomic E-state index is 11.6. The minimum absolute atomic E-state index is 0.0108. The van der Waals surface area contributed by atoms with Gasteiger partial charge in [-0.1, -0.05) is 23.7 Å². The Morgan fingerprint density at radius 1 is 0.939 bits per heavy atom. The van der Waals surface area contributed by atoms with Gasteiger partial charge in [0.1, 0.15) is 10.7 Å². The Morgan fingerprint density at radius 3 is 1.97 bits per heavy atom. The fraction of sp³-hybridized carbons (Fsp3) is 0.300. The van der Waals surface area contributed by atoms with Gasteiger partial charge < -0.3 is 19.9 Å². The summed E-state index contributed by atoms with van der Waals surface area (Å²) in [6, 6.07) is 8.17. The van der Waals surface area contributed by atoms with E-state index < -0.39 is 21.8 Å². The SMILES string of the molecule is COC(=O)c1cccc([N+](=O)[O-])c1Cl.COC(=O)c1cccc([N+](=O)[O-])c1NCCCCO. The summed E-state index contributed by atoms with van der Waals surface area (Å²) < 4.78 is 9.00. The maximum absolute atomic E-state index is 11.6.